The van der Waals surface area contributed by atoms with Crippen molar-refractivity contribution in [1.29, 1.82) is 0 Å². The van der Waals surface area contributed by atoms with Crippen molar-refractivity contribution in [3.63, 3.8) is 0 Å². The molecule has 1 fully saturated rings. The van der Waals surface area contributed by atoms with Gasteiger partial charge in [0.25, 0.3) is 0 Å². The van der Waals surface area contributed by atoms with Gasteiger partial charge in [-0.25, -0.2) is 0 Å². The van der Waals surface area contributed by atoms with E-state index in [1.165, 1.54) is 0 Å². The molecule has 0 spiro atoms. The maximum atomic E-state index is 7.50. The maximum absolute atomic E-state index is 7.50. The van der Waals surface area contributed by atoms with Crippen LogP contribution in [0.2, 0.25) is 0 Å². The van der Waals surface area contributed by atoms with Crippen molar-refractivity contribution in [2.75, 3.05) is 6.66 Å². The van der Waals surface area contributed by atoms with Crippen molar-refractivity contribution in [3.8, 4) is 28.7 Å². The van der Waals surface area contributed by atoms with E-state index in [9.17, 15) is 0 Å². The van der Waals surface area contributed by atoms with Crippen LogP contribution >= 0.6 is 33.8 Å². The Balaban J connectivity index is 1.54. The summed E-state index contributed by atoms with van der Waals surface area (Å²) >= 11 is 7.50. The number of benzene rings is 5. The molecule has 1 atom stereocenters. The van der Waals surface area contributed by atoms with E-state index in [-0.39, 0.29) is 0 Å². The van der Waals surface area contributed by atoms with E-state index in [4.69, 9.17) is 33.9 Å². The molecule has 6 rings (SSSR count). The van der Waals surface area contributed by atoms with Gasteiger partial charge in [0, 0.05) is 0 Å². The predicted octanol–water partition coefficient (Wildman–Crippen LogP) is 9.60. The molecule has 3 N–H and O–H groups in total. The zero-order valence-corrected chi connectivity index (χ0v) is 26.6. The Morgan fingerprint density at radius 3 is 1.16 bits per heavy atom. The number of para-hydroxylation sites is 5. The van der Waals surface area contributed by atoms with Crippen molar-refractivity contribution in [3.05, 3.63) is 152 Å². The predicted molar refractivity (Wildman–Crippen MR) is 177 cm³/mol. The molecule has 43 heavy (non-hydrogen) atoms. The van der Waals surface area contributed by atoms with Gasteiger partial charge in [-0.1, -0.05) is 0 Å². The zero-order chi connectivity index (χ0) is 29.7. The van der Waals surface area contributed by atoms with Gasteiger partial charge in [0.2, 0.25) is 0 Å². The molecule has 1 saturated heterocycles. The first kappa shape index (κ1) is 29.6. The van der Waals surface area contributed by atoms with Crippen molar-refractivity contribution >= 4 is 33.8 Å². The summed E-state index contributed by atoms with van der Waals surface area (Å²) in [5, 5.41) is 0. The van der Waals surface area contributed by atoms with Crippen molar-refractivity contribution < 1.29 is 22.6 Å². The number of nitrogens with one attached hydrogen (secondary N) is 3. The molecule has 0 aliphatic carbocycles. The zero-order valence-electron chi connectivity index (χ0n) is 23.2. The Morgan fingerprint density at radius 1 is 0.465 bits per heavy atom. The molecule has 8 nitrogen and oxygen atoms in total. The van der Waals surface area contributed by atoms with E-state index >= 15 is 0 Å². The number of hydrogen-bond acceptors (Lipinski definition) is 8. The van der Waals surface area contributed by atoms with Gasteiger partial charge in [-0.05, 0) is 0 Å². The summed E-state index contributed by atoms with van der Waals surface area (Å²) in [7, 11) is -11.3. The fourth-order valence-corrected chi connectivity index (χ4v) is 19.3. The van der Waals surface area contributed by atoms with Crippen LogP contribution in [0, 0.1) is 0 Å². The van der Waals surface area contributed by atoms with Crippen molar-refractivity contribution in [2.24, 2.45) is 0 Å². The second kappa shape index (κ2) is 12.3. The standard InChI is InChI=1S/C31H31ClN3O5P3/c1-43(39-30-23-13-5-14-24-30,40-31-25-15-6-16-26-31)34-41(32,36-27-17-7-2-8-18-27)33-42(35-43,37-28-19-9-3-10-20-28)38-29-21-11-4-12-22-29/h2-26,33-35H,1H3/q+2. The molecule has 0 bridgehead atoms. The van der Waals surface area contributed by atoms with E-state index in [0.717, 1.165) is 0 Å². The summed E-state index contributed by atoms with van der Waals surface area (Å²) in [5.74, 6) is 2.71. The van der Waals surface area contributed by atoms with Gasteiger partial charge in [0.05, 0.1) is 0 Å². The molecule has 0 radical (unpaired) electrons. The summed E-state index contributed by atoms with van der Waals surface area (Å²) in [6.07, 6.45) is 0. The quantitative estimate of drug-likeness (QED) is 0.129. The summed E-state index contributed by atoms with van der Waals surface area (Å²) in [6, 6.07) is 46.8. The van der Waals surface area contributed by atoms with Crippen LogP contribution in [0.1, 0.15) is 0 Å². The first-order chi connectivity index (χ1) is 20.8. The SMILES string of the molecule is CP1(Oc2ccccc2)(Oc2ccccc2)N[P+](Cl)(Oc2ccccc2)N[P+](Oc2ccccc2)(Oc2ccccc2)N1. The second-order valence-corrected chi connectivity index (χ2v) is 19.4. The van der Waals surface area contributed by atoms with E-state index in [1.807, 2.05) is 158 Å². The van der Waals surface area contributed by atoms with Crippen LogP contribution in [0.25, 0.3) is 0 Å². The Labute approximate surface area is 257 Å². The average Bonchev–Trinajstić information content (AvgIpc) is 2.98. The van der Waals surface area contributed by atoms with Gasteiger partial charge in [-0.2, -0.15) is 0 Å². The van der Waals surface area contributed by atoms with E-state index in [1.54, 1.807) is 0 Å². The van der Waals surface area contributed by atoms with Gasteiger partial charge >= 0.3 is 258 Å². The molecule has 220 valence electrons. The molecule has 12 heteroatoms. The van der Waals surface area contributed by atoms with Gasteiger partial charge in [-0.15, -0.1) is 0 Å². The van der Waals surface area contributed by atoms with Crippen molar-refractivity contribution in [1.82, 2.24) is 14.6 Å². The van der Waals surface area contributed by atoms with Crippen LogP contribution in [-0.2, 0) is 0 Å². The van der Waals surface area contributed by atoms with Gasteiger partial charge in [-0.3, -0.25) is 0 Å². The number of hydrogen-bond donors (Lipinski definition) is 3. The molecular weight excluding hydrogens is 623 g/mol. The summed E-state index contributed by atoms with van der Waals surface area (Å²) in [6.45, 7) is 1.83. The van der Waals surface area contributed by atoms with Crippen LogP contribution in [0.4, 0.5) is 0 Å². The monoisotopic (exact) mass is 653 g/mol. The second-order valence-electron chi connectivity index (χ2n) is 9.77. The molecule has 5 aromatic carbocycles. The fourth-order valence-electron chi connectivity index (χ4n) is 4.44. The van der Waals surface area contributed by atoms with Gasteiger partial charge < -0.3 is 0 Å². The number of halogens is 1. The number of rotatable bonds is 10. The Bertz CT molecular complexity index is 1550. The Morgan fingerprint density at radius 2 is 0.791 bits per heavy atom. The first-order valence-electron chi connectivity index (χ1n) is 13.4. The molecule has 1 heterocycles. The van der Waals surface area contributed by atoms with Crippen molar-refractivity contribution in [2.45, 2.75) is 0 Å². The Hall–Kier alpha value is -3.44. The minimum absolute atomic E-state index is 0.537. The summed E-state index contributed by atoms with van der Waals surface area (Å²) in [5.41, 5.74) is 0. The Kier molecular flexibility index (Phi) is 8.46. The van der Waals surface area contributed by atoms with Crippen LogP contribution in [-0.4, -0.2) is 6.66 Å². The molecule has 1 aliphatic rings. The first-order valence-corrected chi connectivity index (χ1v) is 20.2. The average molecular weight is 654 g/mol. The van der Waals surface area contributed by atoms with Crippen LogP contribution in [0.5, 0.6) is 28.7 Å². The fraction of sp³-hybridized carbons (Fsp3) is 0.0323. The normalized spacial score (nSPS) is 20.8. The summed E-state index contributed by atoms with van der Waals surface area (Å²) < 4.78 is 33.8. The van der Waals surface area contributed by atoms with Gasteiger partial charge in [0.1, 0.15) is 0 Å². The topological polar surface area (TPSA) is 82.2 Å². The van der Waals surface area contributed by atoms with E-state index < -0.39 is 22.5 Å². The molecule has 0 amide bonds. The van der Waals surface area contributed by atoms with Crippen LogP contribution < -0.4 is 37.2 Å². The van der Waals surface area contributed by atoms with Crippen LogP contribution in [0.3, 0.4) is 0 Å². The van der Waals surface area contributed by atoms with Gasteiger partial charge in [0.15, 0.2) is 0 Å². The molecule has 0 saturated carbocycles. The molecule has 0 aromatic heterocycles. The third-order valence-electron chi connectivity index (χ3n) is 6.05. The molecule has 1 aliphatic heterocycles. The molecular formula is C31H31ClN3O5P3+2. The minimum atomic E-state index is -4.39. The van der Waals surface area contributed by atoms with E-state index in [0.29, 0.717) is 28.7 Å². The van der Waals surface area contributed by atoms with Crippen LogP contribution in [0.15, 0.2) is 152 Å². The van der Waals surface area contributed by atoms with E-state index in [2.05, 4.69) is 14.6 Å². The summed E-state index contributed by atoms with van der Waals surface area (Å²) in [4.78, 5) is 10.5. The third kappa shape index (κ3) is 7.38. The molecule has 5 aromatic rings. The molecule has 1 unspecified atom stereocenters. The third-order valence-corrected chi connectivity index (χ3v) is 18.2.